The number of aliphatic carboxylic acids is 1. The van der Waals surface area contributed by atoms with Gasteiger partial charge in [0.15, 0.2) is 0 Å². The van der Waals surface area contributed by atoms with E-state index in [9.17, 15) is 9.59 Å². The van der Waals surface area contributed by atoms with Gasteiger partial charge in [0, 0.05) is 10.7 Å². The van der Waals surface area contributed by atoms with Crippen LogP contribution >= 0.6 is 11.6 Å². The van der Waals surface area contributed by atoms with Crippen molar-refractivity contribution in [2.24, 2.45) is 0 Å². The molecule has 0 bridgehead atoms. The molecule has 1 aromatic carbocycles. The van der Waals surface area contributed by atoms with Gasteiger partial charge >= 0.3 is 5.97 Å². The van der Waals surface area contributed by atoms with Gasteiger partial charge in [-0.2, -0.15) is 0 Å². The number of anilines is 1. The Bertz CT molecular complexity index is 564. The number of rotatable bonds is 2. The molecule has 1 spiro atoms. The summed E-state index contributed by atoms with van der Waals surface area (Å²) in [5.74, 6) is -1.08. The summed E-state index contributed by atoms with van der Waals surface area (Å²) >= 11 is 6.04. The molecule has 0 atom stereocenters. The first kappa shape index (κ1) is 12.5. The number of hydrogen-bond acceptors (Lipinski definition) is 2. The maximum atomic E-state index is 12.7. The molecule has 0 radical (unpaired) electrons. The molecule has 1 saturated carbocycles. The van der Waals surface area contributed by atoms with Crippen molar-refractivity contribution in [1.29, 1.82) is 0 Å². The van der Waals surface area contributed by atoms with Crippen molar-refractivity contribution >= 4 is 29.2 Å². The second kappa shape index (κ2) is 4.23. The fourth-order valence-electron chi connectivity index (χ4n) is 3.36. The third-order valence-corrected chi connectivity index (χ3v) is 4.41. The van der Waals surface area contributed by atoms with Crippen LogP contribution in [0.4, 0.5) is 5.69 Å². The predicted octanol–water partition coefficient (Wildman–Crippen LogP) is 2.58. The van der Waals surface area contributed by atoms with Crippen molar-refractivity contribution in [1.82, 2.24) is 0 Å². The summed E-state index contributed by atoms with van der Waals surface area (Å²) in [5.41, 5.74) is 1.08. The number of benzene rings is 1. The largest absolute Gasteiger partial charge is 0.480 e. The van der Waals surface area contributed by atoms with Crippen LogP contribution in [0.15, 0.2) is 18.2 Å². The lowest BCUT2D eigenvalue weighted by atomic mass is 9.80. The minimum absolute atomic E-state index is 0.0790. The van der Waals surface area contributed by atoms with Gasteiger partial charge in [0.1, 0.15) is 6.54 Å². The van der Waals surface area contributed by atoms with Crippen molar-refractivity contribution in [3.63, 3.8) is 0 Å². The molecule has 1 aliphatic carbocycles. The molecule has 0 unspecified atom stereocenters. The van der Waals surface area contributed by atoms with E-state index in [2.05, 4.69) is 0 Å². The van der Waals surface area contributed by atoms with Gasteiger partial charge in [-0.3, -0.25) is 9.59 Å². The van der Waals surface area contributed by atoms with Gasteiger partial charge in [0.2, 0.25) is 5.91 Å². The highest BCUT2D eigenvalue weighted by atomic mass is 35.5. The molecule has 3 rings (SSSR count). The Morgan fingerprint density at radius 3 is 2.68 bits per heavy atom. The van der Waals surface area contributed by atoms with Crippen LogP contribution in [0.5, 0.6) is 0 Å². The van der Waals surface area contributed by atoms with E-state index >= 15 is 0 Å². The first-order valence-electron chi connectivity index (χ1n) is 6.38. The van der Waals surface area contributed by atoms with E-state index in [1.165, 1.54) is 4.90 Å². The van der Waals surface area contributed by atoms with Crippen molar-refractivity contribution < 1.29 is 14.7 Å². The Kier molecular flexibility index (Phi) is 2.78. The zero-order valence-electron chi connectivity index (χ0n) is 10.4. The standard InChI is InChI=1S/C14H14ClNO3/c15-9-3-4-11-10(7-9)14(5-1-2-6-14)13(19)16(11)8-12(17)18/h3-4,7H,1-2,5-6,8H2,(H,17,18). The molecule has 1 aliphatic heterocycles. The molecule has 5 heteroatoms. The Morgan fingerprint density at radius 1 is 1.37 bits per heavy atom. The van der Waals surface area contributed by atoms with Crippen LogP contribution in [-0.2, 0) is 15.0 Å². The molecular weight excluding hydrogens is 266 g/mol. The maximum Gasteiger partial charge on any atom is 0.323 e. The molecule has 1 heterocycles. The highest BCUT2D eigenvalue weighted by Crippen LogP contribution is 2.51. The zero-order valence-corrected chi connectivity index (χ0v) is 11.1. The Morgan fingerprint density at radius 2 is 2.05 bits per heavy atom. The van der Waals surface area contributed by atoms with Crippen LogP contribution in [0.1, 0.15) is 31.2 Å². The molecule has 0 saturated heterocycles. The van der Waals surface area contributed by atoms with Crippen LogP contribution < -0.4 is 4.90 Å². The second-order valence-electron chi connectivity index (χ2n) is 5.24. The Labute approximate surface area is 116 Å². The fraction of sp³-hybridized carbons (Fsp3) is 0.429. The molecule has 1 fully saturated rings. The Balaban J connectivity index is 2.14. The number of halogens is 1. The number of carbonyl (C=O) groups is 2. The average molecular weight is 280 g/mol. The first-order valence-corrected chi connectivity index (χ1v) is 6.76. The third kappa shape index (κ3) is 1.74. The van der Waals surface area contributed by atoms with E-state index in [0.717, 1.165) is 31.2 Å². The molecule has 100 valence electrons. The highest BCUT2D eigenvalue weighted by Gasteiger charge is 2.52. The number of amides is 1. The molecule has 1 aromatic rings. The van der Waals surface area contributed by atoms with Gasteiger partial charge in [-0.25, -0.2) is 0 Å². The summed E-state index contributed by atoms with van der Waals surface area (Å²) in [6.07, 6.45) is 3.57. The first-order chi connectivity index (χ1) is 9.04. The molecule has 1 amide bonds. The highest BCUT2D eigenvalue weighted by molar-refractivity contribution is 6.31. The van der Waals surface area contributed by atoms with E-state index in [0.29, 0.717) is 10.7 Å². The second-order valence-corrected chi connectivity index (χ2v) is 5.67. The van der Waals surface area contributed by atoms with Crippen LogP contribution in [0, 0.1) is 0 Å². The van der Waals surface area contributed by atoms with Gasteiger partial charge in [-0.05, 0) is 36.6 Å². The summed E-state index contributed by atoms with van der Waals surface area (Å²) in [7, 11) is 0. The number of carbonyl (C=O) groups excluding carboxylic acids is 1. The van der Waals surface area contributed by atoms with Crippen molar-refractivity contribution in [2.75, 3.05) is 11.4 Å². The van der Waals surface area contributed by atoms with E-state index in [1.807, 2.05) is 6.07 Å². The molecule has 2 aliphatic rings. The topological polar surface area (TPSA) is 57.6 Å². The maximum absolute atomic E-state index is 12.7. The predicted molar refractivity (Wildman–Crippen MR) is 71.6 cm³/mol. The van der Waals surface area contributed by atoms with Crippen molar-refractivity contribution in [3.05, 3.63) is 28.8 Å². The number of fused-ring (bicyclic) bond motifs is 2. The van der Waals surface area contributed by atoms with Crippen LogP contribution in [0.3, 0.4) is 0 Å². The summed E-state index contributed by atoms with van der Waals surface area (Å²) in [5, 5.41) is 9.58. The molecule has 1 N–H and O–H groups in total. The van der Waals surface area contributed by atoms with Crippen molar-refractivity contribution in [3.8, 4) is 0 Å². The summed E-state index contributed by atoms with van der Waals surface area (Å²) in [6.45, 7) is -0.283. The fourth-order valence-corrected chi connectivity index (χ4v) is 3.54. The van der Waals surface area contributed by atoms with Crippen LogP contribution in [0.2, 0.25) is 5.02 Å². The van der Waals surface area contributed by atoms with E-state index in [4.69, 9.17) is 16.7 Å². The number of carboxylic acids is 1. The van der Waals surface area contributed by atoms with Gasteiger partial charge in [0.25, 0.3) is 0 Å². The summed E-state index contributed by atoms with van der Waals surface area (Å²) < 4.78 is 0. The van der Waals surface area contributed by atoms with Gasteiger partial charge in [0.05, 0.1) is 5.41 Å². The smallest absolute Gasteiger partial charge is 0.323 e. The number of nitrogens with zero attached hydrogens (tertiary/aromatic N) is 1. The number of carboxylic acid groups (broad SMARTS) is 1. The molecule has 19 heavy (non-hydrogen) atoms. The monoisotopic (exact) mass is 279 g/mol. The zero-order chi connectivity index (χ0) is 13.6. The normalized spacial score (nSPS) is 20.1. The minimum atomic E-state index is -0.996. The third-order valence-electron chi connectivity index (χ3n) is 4.17. The quantitative estimate of drug-likeness (QED) is 0.905. The van der Waals surface area contributed by atoms with E-state index in [1.54, 1.807) is 12.1 Å². The summed E-state index contributed by atoms with van der Waals surface area (Å²) in [4.78, 5) is 25.0. The van der Waals surface area contributed by atoms with E-state index < -0.39 is 11.4 Å². The summed E-state index contributed by atoms with van der Waals surface area (Å²) in [6, 6.07) is 5.28. The number of hydrogen-bond donors (Lipinski definition) is 1. The minimum Gasteiger partial charge on any atom is -0.480 e. The lowest BCUT2D eigenvalue weighted by Gasteiger charge is -2.22. The van der Waals surface area contributed by atoms with Gasteiger partial charge in [-0.15, -0.1) is 0 Å². The van der Waals surface area contributed by atoms with Gasteiger partial charge in [-0.1, -0.05) is 24.4 Å². The average Bonchev–Trinajstić information content (AvgIpc) is 2.92. The van der Waals surface area contributed by atoms with Crippen LogP contribution in [-0.4, -0.2) is 23.5 Å². The molecular formula is C14H14ClNO3. The lowest BCUT2D eigenvalue weighted by molar-refractivity contribution is -0.137. The van der Waals surface area contributed by atoms with E-state index in [-0.39, 0.29) is 12.5 Å². The van der Waals surface area contributed by atoms with Crippen molar-refractivity contribution in [2.45, 2.75) is 31.1 Å². The van der Waals surface area contributed by atoms with Crippen LogP contribution in [0.25, 0.3) is 0 Å². The molecule has 4 nitrogen and oxygen atoms in total. The lowest BCUT2D eigenvalue weighted by Crippen LogP contribution is -2.40. The van der Waals surface area contributed by atoms with Gasteiger partial charge < -0.3 is 10.0 Å². The Hall–Kier alpha value is -1.55. The SMILES string of the molecule is O=C(O)CN1C(=O)C2(CCCC2)c2cc(Cl)ccc21. The molecule has 0 aromatic heterocycles.